The molecule has 0 spiro atoms. The van der Waals surface area contributed by atoms with Crippen LogP contribution in [0.3, 0.4) is 0 Å². The summed E-state index contributed by atoms with van der Waals surface area (Å²) in [7, 11) is -7.63. The maximum Gasteiger partial charge on any atom is 0.237 e. The van der Waals surface area contributed by atoms with Crippen LogP contribution in [0.15, 0.2) is 41.8 Å². The van der Waals surface area contributed by atoms with Crippen molar-refractivity contribution in [3.05, 3.63) is 64.3 Å². The van der Waals surface area contributed by atoms with Crippen molar-refractivity contribution in [1.29, 1.82) is 0 Å². The van der Waals surface area contributed by atoms with E-state index >= 15 is 0 Å². The molecule has 0 aliphatic carbocycles. The van der Waals surface area contributed by atoms with Crippen LogP contribution in [0.2, 0.25) is 0 Å². The van der Waals surface area contributed by atoms with Crippen molar-refractivity contribution in [2.24, 2.45) is 0 Å². The standard InChI is InChI=1S/C25H32N2O5S2/c1-24(2,3)18-14-17(15-19(23(18)28)25(4,5)6)12-13-34(31,32)16-22-26-20-10-8-9-11-21(20)27(22)33(7,29)30/h8-15,28H,16H2,1-7H3/b13-12+. The Morgan fingerprint density at radius 3 is 1.97 bits per heavy atom. The normalized spacial score (nSPS) is 13.7. The monoisotopic (exact) mass is 504 g/mol. The molecule has 3 aromatic rings. The Balaban J connectivity index is 2.06. The number of phenolic OH excluding ortho intramolecular Hbond substituents is 1. The Hall–Kier alpha value is -2.65. The Morgan fingerprint density at radius 1 is 0.941 bits per heavy atom. The van der Waals surface area contributed by atoms with E-state index < -0.39 is 25.6 Å². The van der Waals surface area contributed by atoms with Gasteiger partial charge in [0, 0.05) is 16.5 Å². The Labute approximate surface area is 202 Å². The minimum absolute atomic E-state index is 0.0650. The van der Waals surface area contributed by atoms with Gasteiger partial charge < -0.3 is 5.11 Å². The molecule has 1 aromatic heterocycles. The van der Waals surface area contributed by atoms with Gasteiger partial charge in [-0.15, -0.1) is 0 Å². The fraction of sp³-hybridized carbons (Fsp3) is 0.400. The SMILES string of the molecule is CC(C)(C)c1cc(/C=C/S(=O)(=O)Cc2nc3ccccc3n2S(C)(=O)=O)cc(C(C)(C)C)c1O. The highest BCUT2D eigenvalue weighted by Crippen LogP contribution is 2.40. The van der Waals surface area contributed by atoms with Gasteiger partial charge in [0.25, 0.3) is 0 Å². The second kappa shape index (κ2) is 8.53. The molecule has 2 aromatic carbocycles. The van der Waals surface area contributed by atoms with E-state index in [-0.39, 0.29) is 22.4 Å². The van der Waals surface area contributed by atoms with Gasteiger partial charge in [-0.1, -0.05) is 53.7 Å². The van der Waals surface area contributed by atoms with Crippen LogP contribution in [0.25, 0.3) is 17.1 Å². The van der Waals surface area contributed by atoms with Crippen LogP contribution in [-0.4, -0.2) is 37.2 Å². The lowest BCUT2D eigenvalue weighted by Crippen LogP contribution is -2.17. The summed E-state index contributed by atoms with van der Waals surface area (Å²) in [6.45, 7) is 11.9. The molecule has 0 bridgehead atoms. The molecule has 0 atom stereocenters. The van der Waals surface area contributed by atoms with Crippen molar-refractivity contribution in [2.45, 2.75) is 58.1 Å². The second-order valence-electron chi connectivity index (χ2n) is 10.6. The average Bonchev–Trinajstić information content (AvgIpc) is 3.02. The van der Waals surface area contributed by atoms with E-state index in [0.717, 1.165) is 26.8 Å². The van der Waals surface area contributed by atoms with Crippen LogP contribution in [0, 0.1) is 0 Å². The van der Waals surface area contributed by atoms with Gasteiger partial charge >= 0.3 is 0 Å². The summed E-state index contributed by atoms with van der Waals surface area (Å²) in [5.74, 6) is -0.423. The van der Waals surface area contributed by atoms with E-state index in [1.54, 1.807) is 36.4 Å². The van der Waals surface area contributed by atoms with E-state index in [2.05, 4.69) is 4.98 Å². The lowest BCUT2D eigenvalue weighted by molar-refractivity contribution is 0.423. The number of imidazole rings is 1. The summed E-state index contributed by atoms with van der Waals surface area (Å²) in [4.78, 5) is 4.26. The highest BCUT2D eigenvalue weighted by molar-refractivity contribution is 7.93. The van der Waals surface area contributed by atoms with Gasteiger partial charge in [-0.2, -0.15) is 0 Å². The quantitative estimate of drug-likeness (QED) is 0.538. The van der Waals surface area contributed by atoms with E-state index in [1.165, 1.54) is 6.08 Å². The van der Waals surface area contributed by atoms with Crippen LogP contribution in [0.1, 0.15) is 64.1 Å². The van der Waals surface area contributed by atoms with E-state index in [0.29, 0.717) is 16.6 Å². The van der Waals surface area contributed by atoms with E-state index in [9.17, 15) is 21.9 Å². The summed E-state index contributed by atoms with van der Waals surface area (Å²) < 4.78 is 51.7. The molecule has 34 heavy (non-hydrogen) atoms. The number of benzene rings is 2. The first-order valence-corrected chi connectivity index (χ1v) is 14.4. The van der Waals surface area contributed by atoms with Gasteiger partial charge in [-0.3, -0.25) is 0 Å². The van der Waals surface area contributed by atoms with Crippen molar-refractivity contribution in [1.82, 2.24) is 8.96 Å². The highest BCUT2D eigenvalue weighted by Gasteiger charge is 2.26. The van der Waals surface area contributed by atoms with Crippen molar-refractivity contribution >= 4 is 37.0 Å². The predicted octanol–water partition coefficient (Wildman–Crippen LogP) is 4.73. The third kappa shape index (κ3) is 5.52. The lowest BCUT2D eigenvalue weighted by Gasteiger charge is -2.27. The van der Waals surface area contributed by atoms with Crippen LogP contribution in [-0.2, 0) is 36.4 Å². The smallest absolute Gasteiger partial charge is 0.237 e. The Morgan fingerprint density at radius 2 is 1.47 bits per heavy atom. The van der Waals surface area contributed by atoms with Gasteiger partial charge in [0.15, 0.2) is 9.84 Å². The molecule has 7 nitrogen and oxygen atoms in total. The fourth-order valence-electron chi connectivity index (χ4n) is 3.82. The van der Waals surface area contributed by atoms with Crippen LogP contribution in [0.5, 0.6) is 5.75 Å². The number of aromatic nitrogens is 2. The molecule has 0 radical (unpaired) electrons. The van der Waals surface area contributed by atoms with Gasteiger partial charge in [-0.25, -0.2) is 25.8 Å². The van der Waals surface area contributed by atoms with Gasteiger partial charge in [0.1, 0.15) is 17.3 Å². The van der Waals surface area contributed by atoms with Gasteiger partial charge in [0.05, 0.1) is 17.3 Å². The van der Waals surface area contributed by atoms with Crippen molar-refractivity contribution < 1.29 is 21.9 Å². The minimum atomic E-state index is -3.86. The van der Waals surface area contributed by atoms with Crippen molar-refractivity contribution in [3.63, 3.8) is 0 Å². The molecular formula is C25H32N2O5S2. The first-order valence-electron chi connectivity index (χ1n) is 10.9. The predicted molar refractivity (Wildman–Crippen MR) is 137 cm³/mol. The zero-order valence-electron chi connectivity index (χ0n) is 20.6. The fourth-order valence-corrected chi connectivity index (χ4v) is 5.92. The largest absolute Gasteiger partial charge is 0.507 e. The van der Waals surface area contributed by atoms with E-state index in [4.69, 9.17) is 0 Å². The van der Waals surface area contributed by atoms with Crippen LogP contribution in [0.4, 0.5) is 0 Å². The molecule has 1 N–H and O–H groups in total. The molecule has 0 unspecified atom stereocenters. The zero-order chi connectivity index (χ0) is 25.7. The number of phenols is 1. The molecule has 0 amide bonds. The van der Waals surface area contributed by atoms with Crippen LogP contribution >= 0.6 is 0 Å². The number of aromatic hydroxyl groups is 1. The topological polar surface area (TPSA) is 106 Å². The van der Waals surface area contributed by atoms with Crippen molar-refractivity contribution in [3.8, 4) is 5.75 Å². The Kier molecular flexibility index (Phi) is 6.52. The summed E-state index contributed by atoms with van der Waals surface area (Å²) in [6.07, 6.45) is 2.50. The first kappa shape index (κ1) is 26.0. The van der Waals surface area contributed by atoms with Gasteiger partial charge in [0.2, 0.25) is 10.0 Å². The maximum atomic E-state index is 13.0. The average molecular weight is 505 g/mol. The zero-order valence-corrected chi connectivity index (χ0v) is 22.3. The molecule has 9 heteroatoms. The summed E-state index contributed by atoms with van der Waals surface area (Å²) in [5, 5.41) is 11.9. The summed E-state index contributed by atoms with van der Waals surface area (Å²) in [6, 6.07) is 10.2. The molecule has 0 saturated heterocycles. The number of para-hydroxylation sites is 2. The number of hydrogen-bond donors (Lipinski definition) is 1. The molecule has 0 fully saturated rings. The third-order valence-electron chi connectivity index (χ3n) is 5.46. The first-order chi connectivity index (χ1) is 15.4. The number of rotatable bonds is 5. The third-order valence-corrected chi connectivity index (χ3v) is 7.74. The lowest BCUT2D eigenvalue weighted by atomic mass is 9.78. The second-order valence-corrected chi connectivity index (χ2v) is 14.3. The maximum absolute atomic E-state index is 13.0. The molecule has 184 valence electrons. The number of nitrogens with zero attached hydrogens (tertiary/aromatic N) is 2. The summed E-state index contributed by atoms with van der Waals surface area (Å²) in [5.41, 5.74) is 2.10. The van der Waals surface area contributed by atoms with E-state index in [1.807, 2.05) is 41.5 Å². The number of hydrogen-bond acceptors (Lipinski definition) is 6. The van der Waals surface area contributed by atoms with Crippen LogP contribution < -0.4 is 0 Å². The number of fused-ring (bicyclic) bond motifs is 1. The summed E-state index contributed by atoms with van der Waals surface area (Å²) >= 11 is 0. The molecule has 3 rings (SSSR count). The Bertz CT molecular complexity index is 1450. The molecule has 0 aliphatic rings. The number of sulfone groups is 1. The highest BCUT2D eigenvalue weighted by atomic mass is 32.2. The molecule has 1 heterocycles. The van der Waals surface area contributed by atoms with Crippen molar-refractivity contribution in [2.75, 3.05) is 6.26 Å². The minimum Gasteiger partial charge on any atom is -0.507 e. The molecular weight excluding hydrogens is 472 g/mol. The molecule has 0 saturated carbocycles. The van der Waals surface area contributed by atoms with Gasteiger partial charge in [-0.05, 0) is 46.7 Å². The molecule has 0 aliphatic heterocycles.